The van der Waals surface area contributed by atoms with E-state index in [0.717, 1.165) is 27.8 Å². The molecule has 0 unspecified atom stereocenters. The van der Waals surface area contributed by atoms with Gasteiger partial charge < -0.3 is 5.32 Å². The monoisotopic (exact) mass is 424 g/mol. The van der Waals surface area contributed by atoms with Gasteiger partial charge in [0.25, 0.3) is 0 Å². The van der Waals surface area contributed by atoms with Crippen LogP contribution < -0.4 is 5.32 Å². The Balaban J connectivity index is 1.79. The Morgan fingerprint density at radius 3 is 2.43 bits per heavy atom. The van der Waals surface area contributed by atoms with E-state index in [2.05, 4.69) is 46.1 Å². The Labute approximate surface area is 181 Å². The zero-order chi connectivity index (χ0) is 21.9. The van der Waals surface area contributed by atoms with Crippen molar-refractivity contribution in [3.05, 3.63) is 53.1 Å². The first-order valence-electron chi connectivity index (χ1n) is 9.89. The van der Waals surface area contributed by atoms with E-state index in [1.54, 1.807) is 10.9 Å². The van der Waals surface area contributed by atoms with Crippen molar-refractivity contribution in [3.63, 3.8) is 0 Å². The molecule has 3 aromatic rings. The fourth-order valence-corrected chi connectivity index (χ4v) is 3.55. The van der Waals surface area contributed by atoms with Gasteiger partial charge in [-0.25, -0.2) is 15.0 Å². The molecular weight excluding hydrogens is 396 g/mol. The highest BCUT2D eigenvalue weighted by molar-refractivity contribution is 7.98. The standard InChI is InChI=1S/C22H28N6OS/c1-14-16(15(2)25-21(24-14)30-6)10-11-20(29)26-19-13-17(22(3,4)5)27-28(19)18-9-7-8-12-23-18/h7-9,12-13H,10-11H2,1-6H3,(H,26,29). The summed E-state index contributed by atoms with van der Waals surface area (Å²) in [6.45, 7) is 10.2. The quantitative estimate of drug-likeness (QED) is 0.470. The van der Waals surface area contributed by atoms with E-state index in [-0.39, 0.29) is 11.3 Å². The van der Waals surface area contributed by atoms with E-state index in [9.17, 15) is 4.79 Å². The Morgan fingerprint density at radius 2 is 1.87 bits per heavy atom. The van der Waals surface area contributed by atoms with Crippen LogP contribution in [0.3, 0.4) is 0 Å². The first-order chi connectivity index (χ1) is 14.2. The first-order valence-corrected chi connectivity index (χ1v) is 11.1. The van der Waals surface area contributed by atoms with Gasteiger partial charge in [0.15, 0.2) is 11.0 Å². The molecule has 1 N–H and O–H groups in total. The number of thioether (sulfide) groups is 1. The van der Waals surface area contributed by atoms with Crippen LogP contribution in [-0.2, 0) is 16.6 Å². The van der Waals surface area contributed by atoms with Gasteiger partial charge >= 0.3 is 0 Å². The molecule has 7 nitrogen and oxygen atoms in total. The molecule has 3 rings (SSSR count). The smallest absolute Gasteiger partial charge is 0.225 e. The molecule has 0 saturated carbocycles. The van der Waals surface area contributed by atoms with E-state index in [1.807, 2.05) is 44.4 Å². The van der Waals surface area contributed by atoms with Crippen molar-refractivity contribution in [2.24, 2.45) is 0 Å². The molecule has 3 aromatic heterocycles. The molecule has 0 spiro atoms. The Morgan fingerprint density at radius 1 is 1.17 bits per heavy atom. The molecule has 0 aromatic carbocycles. The average Bonchev–Trinajstić information content (AvgIpc) is 3.12. The number of pyridine rings is 1. The summed E-state index contributed by atoms with van der Waals surface area (Å²) in [6, 6.07) is 7.53. The van der Waals surface area contributed by atoms with Crippen molar-refractivity contribution in [2.75, 3.05) is 11.6 Å². The van der Waals surface area contributed by atoms with Crippen LogP contribution in [0.5, 0.6) is 0 Å². The molecule has 158 valence electrons. The number of aryl methyl sites for hydroxylation is 2. The second kappa shape index (κ2) is 8.95. The summed E-state index contributed by atoms with van der Waals surface area (Å²) < 4.78 is 1.69. The highest BCUT2D eigenvalue weighted by atomic mass is 32.2. The molecule has 0 bridgehead atoms. The molecular formula is C22H28N6OS. The van der Waals surface area contributed by atoms with Gasteiger partial charge in [-0.3, -0.25) is 4.79 Å². The summed E-state index contributed by atoms with van der Waals surface area (Å²) in [4.78, 5) is 26.1. The number of aromatic nitrogens is 5. The van der Waals surface area contributed by atoms with Crippen LogP contribution in [0.25, 0.3) is 5.82 Å². The van der Waals surface area contributed by atoms with Gasteiger partial charge in [0.05, 0.1) is 5.69 Å². The highest BCUT2D eigenvalue weighted by Gasteiger charge is 2.22. The Hall–Kier alpha value is -2.74. The normalized spacial score (nSPS) is 11.5. The summed E-state index contributed by atoms with van der Waals surface area (Å²) in [5.74, 6) is 1.20. The van der Waals surface area contributed by atoms with Crippen molar-refractivity contribution in [2.45, 2.75) is 58.0 Å². The van der Waals surface area contributed by atoms with Gasteiger partial charge in [-0.05, 0) is 44.2 Å². The van der Waals surface area contributed by atoms with Gasteiger partial charge in [-0.1, -0.05) is 38.6 Å². The second-order valence-corrected chi connectivity index (χ2v) is 8.95. The summed E-state index contributed by atoms with van der Waals surface area (Å²) in [6.07, 6.45) is 4.59. The van der Waals surface area contributed by atoms with Crippen LogP contribution >= 0.6 is 11.8 Å². The third-order valence-electron chi connectivity index (χ3n) is 4.80. The average molecular weight is 425 g/mol. The topological polar surface area (TPSA) is 85.6 Å². The summed E-state index contributed by atoms with van der Waals surface area (Å²) >= 11 is 1.52. The van der Waals surface area contributed by atoms with Crippen molar-refractivity contribution >= 4 is 23.5 Å². The van der Waals surface area contributed by atoms with Crippen LogP contribution in [0.4, 0.5) is 5.82 Å². The first kappa shape index (κ1) is 22.0. The van der Waals surface area contributed by atoms with Crippen molar-refractivity contribution in [3.8, 4) is 5.82 Å². The van der Waals surface area contributed by atoms with Crippen molar-refractivity contribution < 1.29 is 4.79 Å². The maximum absolute atomic E-state index is 12.8. The maximum Gasteiger partial charge on any atom is 0.225 e. The molecule has 0 aliphatic heterocycles. The maximum atomic E-state index is 12.8. The summed E-state index contributed by atoms with van der Waals surface area (Å²) in [7, 11) is 0. The number of nitrogens with one attached hydrogen (secondary N) is 1. The lowest BCUT2D eigenvalue weighted by Crippen LogP contribution is -2.16. The highest BCUT2D eigenvalue weighted by Crippen LogP contribution is 2.26. The predicted octanol–water partition coefficient (Wildman–Crippen LogP) is 4.26. The number of nitrogens with zero attached hydrogens (tertiary/aromatic N) is 5. The largest absolute Gasteiger partial charge is 0.311 e. The molecule has 0 saturated heterocycles. The van der Waals surface area contributed by atoms with Gasteiger partial charge in [-0.2, -0.15) is 9.78 Å². The van der Waals surface area contributed by atoms with Crippen LogP contribution in [0.1, 0.15) is 49.8 Å². The molecule has 0 atom stereocenters. The Kier molecular flexibility index (Phi) is 6.55. The number of carbonyl (C=O) groups excluding carboxylic acids is 1. The second-order valence-electron chi connectivity index (χ2n) is 8.17. The zero-order valence-electron chi connectivity index (χ0n) is 18.4. The lowest BCUT2D eigenvalue weighted by atomic mass is 9.92. The number of amides is 1. The molecule has 8 heteroatoms. The molecule has 0 radical (unpaired) electrons. The fraction of sp³-hybridized carbons (Fsp3) is 0.409. The third-order valence-corrected chi connectivity index (χ3v) is 5.34. The number of carbonyl (C=O) groups is 1. The van der Waals surface area contributed by atoms with Gasteiger partial charge in [0, 0.05) is 35.5 Å². The number of rotatable bonds is 6. The van der Waals surface area contributed by atoms with Gasteiger partial charge in [0.2, 0.25) is 5.91 Å². The zero-order valence-corrected chi connectivity index (χ0v) is 19.2. The molecule has 3 heterocycles. The van der Waals surface area contributed by atoms with Crippen LogP contribution in [0.2, 0.25) is 0 Å². The van der Waals surface area contributed by atoms with E-state index < -0.39 is 0 Å². The SMILES string of the molecule is CSc1nc(C)c(CCC(=O)Nc2cc(C(C)(C)C)nn2-c2ccccn2)c(C)n1. The van der Waals surface area contributed by atoms with E-state index in [4.69, 9.17) is 0 Å². The van der Waals surface area contributed by atoms with Gasteiger partial charge in [0.1, 0.15) is 5.82 Å². The van der Waals surface area contributed by atoms with Crippen LogP contribution in [0.15, 0.2) is 35.6 Å². The third kappa shape index (κ3) is 5.05. The lowest BCUT2D eigenvalue weighted by Gasteiger charge is -2.13. The summed E-state index contributed by atoms with van der Waals surface area (Å²) in [5, 5.41) is 8.45. The minimum atomic E-state index is -0.149. The molecule has 0 aliphatic rings. The minimum absolute atomic E-state index is 0.0831. The molecule has 1 amide bonds. The van der Waals surface area contributed by atoms with E-state index >= 15 is 0 Å². The molecule has 30 heavy (non-hydrogen) atoms. The minimum Gasteiger partial charge on any atom is -0.311 e. The molecule has 0 aliphatic carbocycles. The van der Waals surface area contributed by atoms with E-state index in [1.165, 1.54) is 11.8 Å². The van der Waals surface area contributed by atoms with Crippen molar-refractivity contribution in [1.82, 2.24) is 24.7 Å². The number of hydrogen-bond acceptors (Lipinski definition) is 6. The fourth-order valence-electron chi connectivity index (χ4n) is 3.10. The van der Waals surface area contributed by atoms with Gasteiger partial charge in [-0.15, -0.1) is 0 Å². The number of hydrogen-bond donors (Lipinski definition) is 1. The van der Waals surface area contributed by atoms with Crippen LogP contribution in [-0.4, -0.2) is 36.9 Å². The predicted molar refractivity (Wildman–Crippen MR) is 120 cm³/mol. The lowest BCUT2D eigenvalue weighted by molar-refractivity contribution is -0.116. The Bertz CT molecular complexity index is 1020. The number of anilines is 1. The van der Waals surface area contributed by atoms with Crippen molar-refractivity contribution in [1.29, 1.82) is 0 Å². The summed E-state index contributed by atoms with van der Waals surface area (Å²) in [5.41, 5.74) is 3.61. The van der Waals surface area contributed by atoms with E-state index in [0.29, 0.717) is 24.5 Å². The molecule has 0 fully saturated rings. The van der Waals surface area contributed by atoms with Crippen LogP contribution in [0, 0.1) is 13.8 Å².